The normalized spacial score (nSPS) is 11.5. The quantitative estimate of drug-likeness (QED) is 0.430. The van der Waals surface area contributed by atoms with E-state index in [9.17, 15) is 9.90 Å². The van der Waals surface area contributed by atoms with Gasteiger partial charge in [-0.05, 0) is 35.9 Å². The largest absolute Gasteiger partial charge is 0.465 e. The molecule has 0 spiro atoms. The highest BCUT2D eigenvalue weighted by Gasteiger charge is 2.22. The number of aliphatic hydroxyl groups is 1. The highest BCUT2D eigenvalue weighted by atomic mass is 16.5. The molecule has 0 saturated carbocycles. The van der Waals surface area contributed by atoms with Gasteiger partial charge in [-0.25, -0.2) is 4.79 Å². The first-order chi connectivity index (χ1) is 15.2. The summed E-state index contributed by atoms with van der Waals surface area (Å²) in [6.07, 6.45) is 0.954. The fourth-order valence-corrected chi connectivity index (χ4v) is 3.48. The number of nitrogens with one attached hydrogen (secondary N) is 1. The van der Waals surface area contributed by atoms with Crippen molar-refractivity contribution in [1.29, 1.82) is 0 Å². The third kappa shape index (κ3) is 4.55. The number of benzene rings is 2. The Hall–Kier alpha value is -4.15. The maximum Gasteiger partial charge on any atom is 0.405 e. The lowest BCUT2D eigenvalue weighted by Gasteiger charge is -2.20. The number of pyridine rings is 1. The average Bonchev–Trinajstić information content (AvgIpc) is 3.21. The van der Waals surface area contributed by atoms with E-state index in [0.29, 0.717) is 23.3 Å². The Morgan fingerprint density at radius 2 is 1.97 bits per heavy atom. The Bertz CT molecular complexity index is 1270. The molecule has 4 aromatic rings. The number of amides is 1. The van der Waals surface area contributed by atoms with Gasteiger partial charge in [-0.3, -0.25) is 4.98 Å². The number of hydrogen-bond donors (Lipinski definition) is 3. The molecule has 3 N–H and O–H groups in total. The minimum atomic E-state index is -1.12. The monoisotopic (exact) mass is 413 g/mol. The van der Waals surface area contributed by atoms with Gasteiger partial charge in [0.15, 0.2) is 5.58 Å². The van der Waals surface area contributed by atoms with E-state index in [1.165, 1.54) is 0 Å². The highest BCUT2D eigenvalue weighted by Crippen LogP contribution is 2.34. The number of nitrogens with zero attached hydrogens (tertiary/aromatic N) is 2. The van der Waals surface area contributed by atoms with Crippen LogP contribution in [0.3, 0.4) is 0 Å². The zero-order valence-corrected chi connectivity index (χ0v) is 16.4. The van der Waals surface area contributed by atoms with E-state index >= 15 is 0 Å². The Kier molecular flexibility index (Phi) is 5.92. The number of rotatable bonds is 5. The summed E-state index contributed by atoms with van der Waals surface area (Å²) in [6, 6.07) is 18.0. The molecule has 0 aliphatic carbocycles. The highest BCUT2D eigenvalue weighted by molar-refractivity contribution is 5.93. The van der Waals surface area contributed by atoms with Crippen LogP contribution in [-0.2, 0) is 6.42 Å². The minimum Gasteiger partial charge on any atom is -0.465 e. The number of carbonyl (C=O) groups is 1. The van der Waals surface area contributed by atoms with Crippen molar-refractivity contribution in [2.75, 3.05) is 6.61 Å². The molecule has 0 aliphatic rings. The summed E-state index contributed by atoms with van der Waals surface area (Å²) in [4.78, 5) is 15.8. The van der Waals surface area contributed by atoms with Crippen LogP contribution < -0.4 is 5.32 Å². The van der Waals surface area contributed by atoms with Crippen molar-refractivity contribution in [3.63, 3.8) is 0 Å². The molecule has 1 atom stereocenters. The van der Waals surface area contributed by atoms with Gasteiger partial charge in [0.1, 0.15) is 12.3 Å². The van der Waals surface area contributed by atoms with Crippen LogP contribution in [0.1, 0.15) is 22.9 Å². The summed E-state index contributed by atoms with van der Waals surface area (Å²) < 4.78 is 5.53. The topological polar surface area (TPSA) is 108 Å². The van der Waals surface area contributed by atoms with E-state index in [0.717, 1.165) is 22.2 Å². The molecule has 2 aromatic carbocycles. The van der Waals surface area contributed by atoms with Gasteiger partial charge in [-0.1, -0.05) is 47.3 Å². The van der Waals surface area contributed by atoms with E-state index in [1.807, 2.05) is 54.6 Å². The van der Waals surface area contributed by atoms with Gasteiger partial charge in [-0.15, -0.1) is 0 Å². The first-order valence-electron chi connectivity index (χ1n) is 9.63. The second-order valence-electron chi connectivity index (χ2n) is 6.82. The number of hydrogen-bond acceptors (Lipinski definition) is 5. The molecule has 1 unspecified atom stereocenters. The molecule has 154 valence electrons. The summed E-state index contributed by atoms with van der Waals surface area (Å²) in [6.45, 7) is -0.221. The lowest BCUT2D eigenvalue weighted by Crippen LogP contribution is -2.29. The summed E-state index contributed by atoms with van der Waals surface area (Å²) in [5, 5.41) is 25.9. The molecule has 4 rings (SSSR count). The third-order valence-electron chi connectivity index (χ3n) is 4.81. The molecule has 2 aromatic heterocycles. The van der Waals surface area contributed by atoms with E-state index in [4.69, 9.17) is 9.63 Å². The van der Waals surface area contributed by atoms with Crippen LogP contribution in [0.4, 0.5) is 4.79 Å². The summed E-state index contributed by atoms with van der Waals surface area (Å²) >= 11 is 0. The zero-order chi connectivity index (χ0) is 21.6. The minimum absolute atomic E-state index is 0.221. The Labute approximate surface area is 178 Å². The molecule has 2 heterocycles. The van der Waals surface area contributed by atoms with E-state index in [-0.39, 0.29) is 6.61 Å². The van der Waals surface area contributed by atoms with Gasteiger partial charge in [0, 0.05) is 34.8 Å². The molecule has 0 radical (unpaired) electrons. The number of aromatic nitrogens is 2. The number of aliphatic hydroxyl groups excluding tert-OH is 1. The maximum atomic E-state index is 11.5. The molecule has 7 nitrogen and oxygen atoms in total. The van der Waals surface area contributed by atoms with Crippen molar-refractivity contribution in [2.24, 2.45) is 0 Å². The van der Waals surface area contributed by atoms with Gasteiger partial charge < -0.3 is 20.1 Å². The van der Waals surface area contributed by atoms with E-state index < -0.39 is 12.1 Å². The summed E-state index contributed by atoms with van der Waals surface area (Å²) in [5.41, 5.74) is 4.19. The second-order valence-corrected chi connectivity index (χ2v) is 6.82. The van der Waals surface area contributed by atoms with Gasteiger partial charge in [-0.2, -0.15) is 0 Å². The van der Waals surface area contributed by atoms with Crippen LogP contribution in [0.15, 0.2) is 71.4 Å². The zero-order valence-electron chi connectivity index (χ0n) is 16.4. The molecule has 0 saturated heterocycles. The molecule has 1 amide bonds. The molecular formula is C24H19N3O4. The lowest BCUT2D eigenvalue weighted by molar-refractivity contribution is 0.189. The number of carboxylic acid groups (broad SMARTS) is 1. The Balaban J connectivity index is 1.77. The van der Waals surface area contributed by atoms with Crippen molar-refractivity contribution >= 4 is 17.1 Å². The SMILES string of the molecule is O=C(O)NC(Cc1ccccn1)c1ccccc1-c1noc2cc(C#CCO)ccc12. The van der Waals surface area contributed by atoms with E-state index in [2.05, 4.69) is 27.3 Å². The maximum absolute atomic E-state index is 11.5. The fourth-order valence-electron chi connectivity index (χ4n) is 3.48. The molecule has 0 fully saturated rings. The summed E-state index contributed by atoms with van der Waals surface area (Å²) in [5.74, 6) is 5.45. The van der Waals surface area contributed by atoms with Crippen molar-refractivity contribution in [3.05, 3.63) is 83.7 Å². The summed E-state index contributed by atoms with van der Waals surface area (Å²) in [7, 11) is 0. The van der Waals surface area contributed by atoms with Crippen molar-refractivity contribution < 1.29 is 19.5 Å². The van der Waals surface area contributed by atoms with Crippen molar-refractivity contribution in [3.8, 4) is 23.1 Å². The van der Waals surface area contributed by atoms with Crippen LogP contribution in [0.25, 0.3) is 22.2 Å². The molecular weight excluding hydrogens is 394 g/mol. The molecule has 31 heavy (non-hydrogen) atoms. The molecule has 0 aliphatic heterocycles. The van der Waals surface area contributed by atoms with E-state index in [1.54, 1.807) is 12.3 Å². The smallest absolute Gasteiger partial charge is 0.405 e. The van der Waals surface area contributed by atoms with Crippen LogP contribution in [0.5, 0.6) is 0 Å². The van der Waals surface area contributed by atoms with Crippen LogP contribution >= 0.6 is 0 Å². The predicted molar refractivity (Wildman–Crippen MR) is 115 cm³/mol. The van der Waals surface area contributed by atoms with Gasteiger partial charge in [0.2, 0.25) is 0 Å². The van der Waals surface area contributed by atoms with Gasteiger partial charge in [0.05, 0.1) is 6.04 Å². The van der Waals surface area contributed by atoms with Crippen LogP contribution in [0, 0.1) is 11.8 Å². The first-order valence-corrected chi connectivity index (χ1v) is 9.63. The third-order valence-corrected chi connectivity index (χ3v) is 4.81. The van der Waals surface area contributed by atoms with Gasteiger partial charge >= 0.3 is 6.09 Å². The average molecular weight is 413 g/mol. The van der Waals surface area contributed by atoms with Crippen molar-refractivity contribution in [1.82, 2.24) is 15.5 Å². The molecule has 0 bridgehead atoms. The predicted octanol–water partition coefficient (Wildman–Crippen LogP) is 3.79. The van der Waals surface area contributed by atoms with Crippen LogP contribution in [0.2, 0.25) is 0 Å². The van der Waals surface area contributed by atoms with Gasteiger partial charge in [0.25, 0.3) is 0 Å². The molecule has 7 heteroatoms. The number of fused-ring (bicyclic) bond motifs is 1. The van der Waals surface area contributed by atoms with Crippen molar-refractivity contribution in [2.45, 2.75) is 12.5 Å². The Morgan fingerprint density at radius 1 is 1.13 bits per heavy atom. The Morgan fingerprint density at radius 3 is 2.74 bits per heavy atom. The van der Waals surface area contributed by atoms with Crippen LogP contribution in [-0.4, -0.2) is 33.1 Å². The lowest BCUT2D eigenvalue weighted by atomic mass is 9.93. The first kappa shape index (κ1) is 20.1. The second kappa shape index (κ2) is 9.11. The standard InChI is InChI=1S/C24H19N3O4/c28-13-5-6-16-10-11-20-22(14-16)31-27-23(20)19-9-2-1-8-18(19)21(26-24(29)30)15-17-7-3-4-12-25-17/h1-4,7-12,14,21,26,28H,13,15H2,(H,29,30). The fraction of sp³-hybridized carbons (Fsp3) is 0.125.